The molecule has 0 bridgehead atoms. The maximum Gasteiger partial charge on any atom is 0.347 e. The molecular formula is C8H15NO6P2S. The Labute approximate surface area is 108 Å². The fourth-order valence-corrected chi connectivity index (χ4v) is 5.64. The van der Waals surface area contributed by atoms with Crippen LogP contribution in [0.5, 0.6) is 0 Å². The number of hydrogen-bond acceptors (Lipinski definition) is 4. The Morgan fingerprint density at radius 2 is 1.83 bits per heavy atom. The summed E-state index contributed by atoms with van der Waals surface area (Å²) in [5.41, 5.74) is 0. The van der Waals surface area contributed by atoms with Crippen LogP contribution in [0, 0.1) is 0 Å². The van der Waals surface area contributed by atoms with Crippen molar-refractivity contribution in [1.29, 1.82) is 0 Å². The molecule has 0 atom stereocenters. The molecule has 0 aliphatic rings. The molecule has 1 rings (SSSR count). The summed E-state index contributed by atoms with van der Waals surface area (Å²) in [6.45, 7) is 2.00. The summed E-state index contributed by atoms with van der Waals surface area (Å²) in [6.07, 6.45) is 3.93. The Kier molecular flexibility index (Phi) is 5.26. The van der Waals surface area contributed by atoms with Gasteiger partial charge in [0, 0.05) is 11.1 Å². The number of aromatic nitrogens is 1. The van der Waals surface area contributed by atoms with Crippen LogP contribution in [0.2, 0.25) is 0 Å². The van der Waals surface area contributed by atoms with Crippen molar-refractivity contribution in [2.24, 2.45) is 0 Å². The predicted molar refractivity (Wildman–Crippen MR) is 67.6 cm³/mol. The molecule has 0 aliphatic heterocycles. The molecular weight excluding hydrogens is 300 g/mol. The Morgan fingerprint density at radius 3 is 2.28 bits per heavy atom. The van der Waals surface area contributed by atoms with Gasteiger partial charge in [-0.25, -0.2) is 4.98 Å². The van der Waals surface area contributed by atoms with Crippen molar-refractivity contribution in [3.8, 4) is 0 Å². The highest BCUT2D eigenvalue weighted by molar-refractivity contribution is 7.70. The van der Waals surface area contributed by atoms with E-state index >= 15 is 0 Å². The first-order valence-electron chi connectivity index (χ1n) is 5.21. The van der Waals surface area contributed by atoms with Gasteiger partial charge in [0.1, 0.15) is 5.01 Å². The molecule has 0 saturated heterocycles. The third-order valence-corrected chi connectivity index (χ3v) is 7.25. The van der Waals surface area contributed by atoms with Gasteiger partial charge in [0.25, 0.3) is 0 Å². The standard InChI is InChI=1S/C8H15NO6P2S/c1-2-3-4-6-5-9-7(18-6)8(16(10,11)12)17(13,14)15/h5,8H,2-4H2,1H3,(H2,10,11,12)(H2,13,14,15). The van der Waals surface area contributed by atoms with Crippen LogP contribution in [0.1, 0.15) is 35.1 Å². The average molecular weight is 315 g/mol. The van der Waals surface area contributed by atoms with Gasteiger partial charge < -0.3 is 19.6 Å². The first-order valence-corrected chi connectivity index (χ1v) is 9.39. The third kappa shape index (κ3) is 4.24. The normalized spacial score (nSPS) is 13.2. The highest BCUT2D eigenvalue weighted by Gasteiger charge is 2.46. The lowest BCUT2D eigenvalue weighted by molar-refractivity contribution is 0.340. The Bertz CT molecular complexity index is 470. The second kappa shape index (κ2) is 5.92. The van der Waals surface area contributed by atoms with E-state index in [9.17, 15) is 9.13 Å². The maximum absolute atomic E-state index is 11.2. The van der Waals surface area contributed by atoms with Crippen LogP contribution in [-0.2, 0) is 15.6 Å². The van der Waals surface area contributed by atoms with Gasteiger partial charge in [-0.1, -0.05) is 13.3 Å². The molecule has 104 valence electrons. The summed E-state index contributed by atoms with van der Waals surface area (Å²) in [6, 6.07) is 0. The molecule has 18 heavy (non-hydrogen) atoms. The van der Waals surface area contributed by atoms with Crippen LogP contribution in [0.3, 0.4) is 0 Å². The summed E-state index contributed by atoms with van der Waals surface area (Å²) >= 11 is 0.939. The van der Waals surface area contributed by atoms with E-state index in [0.717, 1.165) is 29.1 Å². The Morgan fingerprint density at radius 1 is 1.28 bits per heavy atom. The van der Waals surface area contributed by atoms with Gasteiger partial charge in [0.15, 0.2) is 0 Å². The lowest BCUT2D eigenvalue weighted by Crippen LogP contribution is -2.00. The van der Waals surface area contributed by atoms with E-state index in [1.807, 2.05) is 6.92 Å². The molecule has 0 amide bonds. The van der Waals surface area contributed by atoms with Crippen LogP contribution in [0.15, 0.2) is 6.20 Å². The van der Waals surface area contributed by atoms with Crippen molar-refractivity contribution >= 4 is 26.5 Å². The van der Waals surface area contributed by atoms with Crippen LogP contribution in [0.4, 0.5) is 0 Å². The smallest absolute Gasteiger partial charge is 0.323 e. The molecule has 0 spiro atoms. The molecule has 0 radical (unpaired) electrons. The molecule has 1 aromatic rings. The van der Waals surface area contributed by atoms with E-state index in [2.05, 4.69) is 4.98 Å². The zero-order valence-electron chi connectivity index (χ0n) is 9.63. The van der Waals surface area contributed by atoms with Crippen molar-refractivity contribution in [3.63, 3.8) is 0 Å². The van der Waals surface area contributed by atoms with Crippen LogP contribution < -0.4 is 0 Å². The summed E-state index contributed by atoms with van der Waals surface area (Å²) in [4.78, 5) is 40.6. The SMILES string of the molecule is CCCCc1cnc(C(P(=O)(O)O)P(=O)(O)O)s1. The molecule has 10 heteroatoms. The van der Waals surface area contributed by atoms with Gasteiger partial charge in [0.05, 0.1) is 0 Å². The highest BCUT2D eigenvalue weighted by Crippen LogP contribution is 2.70. The molecule has 4 N–H and O–H groups in total. The van der Waals surface area contributed by atoms with Crippen molar-refractivity contribution < 1.29 is 28.7 Å². The summed E-state index contributed by atoms with van der Waals surface area (Å²) in [5, 5.41) is -2.35. The third-order valence-electron chi connectivity index (χ3n) is 2.21. The molecule has 0 aromatic carbocycles. The predicted octanol–water partition coefficient (Wildman–Crippen LogP) is 1.84. The van der Waals surface area contributed by atoms with Crippen molar-refractivity contribution in [2.45, 2.75) is 31.6 Å². The number of nitrogens with zero attached hydrogens (tertiary/aromatic N) is 1. The van der Waals surface area contributed by atoms with Crippen molar-refractivity contribution in [2.75, 3.05) is 0 Å². The fourth-order valence-electron chi connectivity index (χ4n) is 1.39. The fraction of sp³-hybridized carbons (Fsp3) is 0.625. The topological polar surface area (TPSA) is 128 Å². The van der Waals surface area contributed by atoms with Crippen LogP contribution >= 0.6 is 26.5 Å². The maximum atomic E-state index is 11.2. The van der Waals surface area contributed by atoms with Gasteiger partial charge >= 0.3 is 15.2 Å². The first-order chi connectivity index (χ1) is 8.16. The molecule has 1 heterocycles. The monoisotopic (exact) mass is 315 g/mol. The van der Waals surface area contributed by atoms with E-state index in [1.165, 1.54) is 6.20 Å². The lowest BCUT2D eigenvalue weighted by atomic mass is 10.2. The number of hydrogen-bond donors (Lipinski definition) is 4. The zero-order valence-corrected chi connectivity index (χ0v) is 12.2. The Hall–Kier alpha value is -0.0700. The number of thiazole rings is 1. The summed E-state index contributed by atoms with van der Waals surface area (Å²) in [7, 11) is -9.89. The lowest BCUT2D eigenvalue weighted by Gasteiger charge is -2.16. The van der Waals surface area contributed by atoms with Gasteiger partial charge in [-0.15, -0.1) is 11.3 Å². The molecule has 7 nitrogen and oxygen atoms in total. The molecule has 0 aliphatic carbocycles. The van der Waals surface area contributed by atoms with E-state index in [0.29, 0.717) is 6.42 Å². The minimum Gasteiger partial charge on any atom is -0.323 e. The quantitative estimate of drug-likeness (QED) is 0.590. The van der Waals surface area contributed by atoms with Crippen LogP contribution in [0.25, 0.3) is 0 Å². The van der Waals surface area contributed by atoms with Gasteiger partial charge in [-0.3, -0.25) is 9.13 Å². The van der Waals surface area contributed by atoms with Crippen molar-refractivity contribution in [3.05, 3.63) is 16.1 Å². The Balaban J connectivity index is 3.05. The molecule has 0 fully saturated rings. The van der Waals surface area contributed by atoms with Gasteiger partial charge in [-0.2, -0.15) is 0 Å². The highest BCUT2D eigenvalue weighted by atomic mass is 32.1. The van der Waals surface area contributed by atoms with E-state index in [1.54, 1.807) is 0 Å². The minimum atomic E-state index is -4.95. The van der Waals surface area contributed by atoms with Crippen LogP contribution in [-0.4, -0.2) is 24.6 Å². The number of unbranched alkanes of at least 4 members (excludes halogenated alkanes) is 1. The largest absolute Gasteiger partial charge is 0.347 e. The van der Waals surface area contributed by atoms with Gasteiger partial charge in [0.2, 0.25) is 5.40 Å². The minimum absolute atomic E-state index is 0.206. The zero-order chi connectivity index (χ0) is 14.0. The molecule has 1 aromatic heterocycles. The number of rotatable bonds is 6. The molecule has 0 unspecified atom stereocenters. The average Bonchev–Trinajstić information content (AvgIpc) is 2.58. The van der Waals surface area contributed by atoms with Crippen molar-refractivity contribution in [1.82, 2.24) is 4.98 Å². The summed E-state index contributed by atoms with van der Waals surface area (Å²) < 4.78 is 22.3. The van der Waals surface area contributed by atoms with E-state index in [4.69, 9.17) is 19.6 Å². The van der Waals surface area contributed by atoms with Gasteiger partial charge in [-0.05, 0) is 12.8 Å². The second-order valence-corrected chi connectivity index (χ2v) is 8.76. The summed E-state index contributed by atoms with van der Waals surface area (Å²) in [5.74, 6) is 0. The second-order valence-electron chi connectivity index (χ2n) is 3.82. The first kappa shape index (κ1) is 16.0. The number of aryl methyl sites for hydroxylation is 1. The van der Waals surface area contributed by atoms with E-state index in [-0.39, 0.29) is 5.01 Å². The molecule has 0 saturated carbocycles. The van der Waals surface area contributed by atoms with E-state index < -0.39 is 20.6 Å².